The normalized spacial score (nSPS) is 17.0. The van der Waals surface area contributed by atoms with Crippen LogP contribution in [0.3, 0.4) is 0 Å². The molecular formula is C23H31FN4OS. The molecule has 7 heteroatoms. The van der Waals surface area contributed by atoms with Gasteiger partial charge in [0.15, 0.2) is 5.00 Å². The molecule has 2 aromatic heterocycles. The second-order valence-electron chi connectivity index (χ2n) is 7.65. The molecule has 1 aliphatic heterocycles. The largest absolute Gasteiger partial charge is 0.479 e. The molecule has 0 saturated carbocycles. The summed E-state index contributed by atoms with van der Waals surface area (Å²) < 4.78 is 19.1. The Balaban J connectivity index is 1.84. The summed E-state index contributed by atoms with van der Waals surface area (Å²) in [5.41, 5.74) is 3.10. The maximum Gasteiger partial charge on any atom is 0.249 e. The number of nitrogens with zero attached hydrogens (tertiary/aromatic N) is 4. The predicted octanol–water partition coefficient (Wildman–Crippen LogP) is 5.37. The zero-order valence-corrected chi connectivity index (χ0v) is 19.1. The van der Waals surface area contributed by atoms with Crippen molar-refractivity contribution in [2.24, 2.45) is 5.92 Å². The van der Waals surface area contributed by atoms with E-state index in [1.54, 1.807) is 13.3 Å². The zero-order valence-electron chi connectivity index (χ0n) is 18.3. The van der Waals surface area contributed by atoms with Crippen LogP contribution in [-0.4, -0.2) is 48.7 Å². The molecule has 3 rings (SSSR count). The van der Waals surface area contributed by atoms with E-state index < -0.39 is 0 Å². The number of unbranched alkanes of at least 4 members (excludes halogenated alkanes) is 1. The van der Waals surface area contributed by atoms with Crippen LogP contribution >= 0.6 is 11.3 Å². The fourth-order valence-corrected chi connectivity index (χ4v) is 4.69. The second-order valence-corrected chi connectivity index (χ2v) is 8.63. The Hall–Kier alpha value is -2.25. The maximum atomic E-state index is 13.6. The van der Waals surface area contributed by atoms with Gasteiger partial charge in [-0.1, -0.05) is 49.8 Å². The van der Waals surface area contributed by atoms with Crippen molar-refractivity contribution in [3.05, 3.63) is 48.2 Å². The molecule has 3 heterocycles. The van der Waals surface area contributed by atoms with E-state index in [0.717, 1.165) is 36.8 Å². The number of anilines is 1. The zero-order chi connectivity index (χ0) is 21.7. The van der Waals surface area contributed by atoms with Crippen molar-refractivity contribution in [2.75, 3.05) is 38.7 Å². The highest BCUT2D eigenvalue weighted by atomic mass is 32.1. The van der Waals surface area contributed by atoms with Gasteiger partial charge >= 0.3 is 0 Å². The molecule has 0 aromatic carbocycles. The molecule has 2 aromatic rings. The van der Waals surface area contributed by atoms with Gasteiger partial charge in [0.05, 0.1) is 13.3 Å². The summed E-state index contributed by atoms with van der Waals surface area (Å²) in [5, 5.41) is 1.53. The van der Waals surface area contributed by atoms with Gasteiger partial charge in [-0.3, -0.25) is 9.88 Å². The average molecular weight is 431 g/mol. The molecule has 0 amide bonds. The number of pyridine rings is 1. The van der Waals surface area contributed by atoms with Crippen LogP contribution in [0.2, 0.25) is 0 Å². The quantitative estimate of drug-likeness (QED) is 0.500. The van der Waals surface area contributed by atoms with Gasteiger partial charge in [-0.05, 0) is 25.5 Å². The summed E-state index contributed by atoms with van der Waals surface area (Å²) in [4.78, 5) is 13.1. The van der Waals surface area contributed by atoms with Crippen molar-refractivity contribution in [2.45, 2.75) is 33.1 Å². The molecule has 0 bridgehead atoms. The lowest BCUT2D eigenvalue weighted by Gasteiger charge is -2.35. The Morgan fingerprint density at radius 1 is 1.40 bits per heavy atom. The van der Waals surface area contributed by atoms with E-state index in [2.05, 4.69) is 46.3 Å². The topological polar surface area (TPSA) is 41.5 Å². The van der Waals surface area contributed by atoms with E-state index in [1.807, 2.05) is 7.05 Å². The van der Waals surface area contributed by atoms with E-state index in [1.165, 1.54) is 42.0 Å². The number of halogens is 1. The average Bonchev–Trinajstić information content (AvgIpc) is 3.21. The monoisotopic (exact) mass is 430 g/mol. The molecule has 0 radical (unpaired) electrons. The minimum Gasteiger partial charge on any atom is -0.479 e. The van der Waals surface area contributed by atoms with E-state index in [-0.39, 0.29) is 11.7 Å². The van der Waals surface area contributed by atoms with Crippen molar-refractivity contribution in [3.63, 3.8) is 0 Å². The smallest absolute Gasteiger partial charge is 0.249 e. The van der Waals surface area contributed by atoms with Gasteiger partial charge in [0, 0.05) is 43.5 Å². The first-order chi connectivity index (χ1) is 14.5. The Morgan fingerprint density at radius 3 is 2.87 bits per heavy atom. The van der Waals surface area contributed by atoms with Crippen molar-refractivity contribution < 1.29 is 9.13 Å². The van der Waals surface area contributed by atoms with E-state index in [0.29, 0.717) is 16.5 Å². The second kappa shape index (κ2) is 10.2. The molecule has 0 saturated heterocycles. The van der Waals surface area contributed by atoms with Crippen LogP contribution in [0.5, 0.6) is 5.88 Å². The third-order valence-electron chi connectivity index (χ3n) is 5.49. The Morgan fingerprint density at radius 2 is 2.20 bits per heavy atom. The van der Waals surface area contributed by atoms with Crippen LogP contribution in [0.25, 0.3) is 10.6 Å². The van der Waals surface area contributed by atoms with Crippen LogP contribution in [-0.2, 0) is 0 Å². The fourth-order valence-electron chi connectivity index (χ4n) is 3.68. The van der Waals surface area contributed by atoms with Crippen molar-refractivity contribution in [3.8, 4) is 16.5 Å². The highest BCUT2D eigenvalue weighted by Crippen LogP contribution is 2.41. The molecule has 0 N–H and O–H groups in total. The summed E-state index contributed by atoms with van der Waals surface area (Å²) in [7, 11) is 3.60. The Kier molecular flexibility index (Phi) is 7.61. The first-order valence-corrected chi connectivity index (χ1v) is 11.3. The number of hydrogen-bond acceptors (Lipinski definition) is 6. The van der Waals surface area contributed by atoms with Gasteiger partial charge in [0.2, 0.25) is 5.88 Å². The molecule has 1 unspecified atom stereocenters. The summed E-state index contributed by atoms with van der Waals surface area (Å²) in [6.45, 7) is 12.0. The van der Waals surface area contributed by atoms with E-state index in [9.17, 15) is 4.39 Å². The maximum absolute atomic E-state index is 13.6. The van der Waals surface area contributed by atoms with Crippen LogP contribution in [0.4, 0.5) is 9.39 Å². The van der Waals surface area contributed by atoms with E-state index >= 15 is 0 Å². The van der Waals surface area contributed by atoms with Crippen molar-refractivity contribution in [1.29, 1.82) is 0 Å². The van der Waals surface area contributed by atoms with Gasteiger partial charge in [-0.2, -0.15) is 4.98 Å². The number of ether oxygens (including phenoxy) is 1. The first kappa shape index (κ1) is 22.4. The number of thiazole rings is 1. The third-order valence-corrected chi connectivity index (χ3v) is 6.65. The van der Waals surface area contributed by atoms with Crippen molar-refractivity contribution >= 4 is 16.3 Å². The highest BCUT2D eigenvalue weighted by molar-refractivity contribution is 7.19. The lowest BCUT2D eigenvalue weighted by Crippen LogP contribution is -2.38. The minimum atomic E-state index is -0.382. The van der Waals surface area contributed by atoms with Gasteiger partial charge < -0.3 is 9.64 Å². The lowest BCUT2D eigenvalue weighted by molar-refractivity contribution is 0.257. The molecule has 0 aliphatic carbocycles. The van der Waals surface area contributed by atoms with Gasteiger partial charge in [0.25, 0.3) is 0 Å². The molecule has 1 atom stereocenters. The minimum absolute atomic E-state index is 0.238. The Labute approximate surface area is 182 Å². The first-order valence-electron chi connectivity index (χ1n) is 10.5. The van der Waals surface area contributed by atoms with Crippen LogP contribution in [0.15, 0.2) is 42.4 Å². The summed E-state index contributed by atoms with van der Waals surface area (Å²) in [6, 6.07) is 1.44. The number of hydrogen-bond donors (Lipinski definition) is 0. The molecule has 1 aliphatic rings. The SMILES string of the molecule is C=C(C1C=C(CC)CN(CCCC)C1)N(C)c1sc(-c2cncc(F)c2)nc1OC. The number of methoxy groups -OCH3 is 1. The van der Waals surface area contributed by atoms with Crippen LogP contribution in [0, 0.1) is 11.7 Å². The standard InChI is InChI=1S/C23H31FN4OS/c1-6-8-9-28-14-17(7-2)10-19(15-28)16(3)27(4)23-21(29-5)26-22(30-23)18-11-20(24)13-25-12-18/h10-13,19H,3,6-9,14-15H2,1-2,4-5H3. The molecule has 5 nitrogen and oxygen atoms in total. The number of rotatable bonds is 9. The number of aromatic nitrogens is 2. The van der Waals surface area contributed by atoms with Gasteiger partial charge in [0.1, 0.15) is 10.8 Å². The van der Waals surface area contributed by atoms with Gasteiger partial charge in [-0.15, -0.1) is 0 Å². The summed E-state index contributed by atoms with van der Waals surface area (Å²) >= 11 is 1.46. The van der Waals surface area contributed by atoms with Crippen LogP contribution in [0.1, 0.15) is 33.1 Å². The molecule has 0 fully saturated rings. The Bertz CT molecular complexity index is 910. The summed E-state index contributed by atoms with van der Waals surface area (Å²) in [6.07, 6.45) is 8.63. The molecule has 0 spiro atoms. The highest BCUT2D eigenvalue weighted by Gasteiger charge is 2.26. The van der Waals surface area contributed by atoms with Gasteiger partial charge in [-0.25, -0.2) is 4.39 Å². The lowest BCUT2D eigenvalue weighted by atomic mass is 9.95. The van der Waals surface area contributed by atoms with E-state index in [4.69, 9.17) is 4.74 Å². The molecule has 30 heavy (non-hydrogen) atoms. The predicted molar refractivity (Wildman–Crippen MR) is 123 cm³/mol. The molecular weight excluding hydrogens is 399 g/mol. The summed E-state index contributed by atoms with van der Waals surface area (Å²) in [5.74, 6) is 0.371. The van der Waals surface area contributed by atoms with Crippen LogP contribution < -0.4 is 9.64 Å². The van der Waals surface area contributed by atoms with Crippen molar-refractivity contribution in [1.82, 2.24) is 14.9 Å². The fraction of sp³-hybridized carbons (Fsp3) is 0.478. The molecule has 162 valence electrons. The third kappa shape index (κ3) is 5.08.